The van der Waals surface area contributed by atoms with Gasteiger partial charge >= 0.3 is 0 Å². The van der Waals surface area contributed by atoms with Crippen molar-refractivity contribution in [2.24, 2.45) is 0 Å². The van der Waals surface area contributed by atoms with Gasteiger partial charge in [-0.3, -0.25) is 0 Å². The summed E-state index contributed by atoms with van der Waals surface area (Å²) < 4.78 is 11.7. The van der Waals surface area contributed by atoms with E-state index in [1.54, 1.807) is 12.5 Å². The fraction of sp³-hybridized carbons (Fsp3) is 0.0500. The van der Waals surface area contributed by atoms with Crippen molar-refractivity contribution < 1.29 is 8.83 Å². The highest BCUT2D eigenvalue weighted by Crippen LogP contribution is 2.39. The Bertz CT molecular complexity index is 1170. The van der Waals surface area contributed by atoms with Crippen molar-refractivity contribution in [2.45, 2.75) is 6.92 Å². The van der Waals surface area contributed by atoms with Crippen LogP contribution in [0.4, 0.5) is 0 Å². The van der Waals surface area contributed by atoms with Gasteiger partial charge in [-0.25, -0.2) is 4.98 Å². The average Bonchev–Trinajstić information content (AvgIpc) is 3.21. The van der Waals surface area contributed by atoms with Crippen LogP contribution in [-0.2, 0) is 0 Å². The van der Waals surface area contributed by atoms with Crippen molar-refractivity contribution >= 4 is 32.7 Å². The molecule has 0 aliphatic heterocycles. The van der Waals surface area contributed by atoms with Crippen molar-refractivity contribution in [1.29, 1.82) is 0 Å². The highest BCUT2D eigenvalue weighted by molar-refractivity contribution is 6.20. The van der Waals surface area contributed by atoms with Gasteiger partial charge in [-0.05, 0) is 29.3 Å². The summed E-state index contributed by atoms with van der Waals surface area (Å²) in [7, 11) is 0. The molecule has 0 spiro atoms. The Morgan fingerprint density at radius 2 is 1.83 bits per heavy atom. The summed E-state index contributed by atoms with van der Waals surface area (Å²) in [6, 6.07) is 16.7. The van der Waals surface area contributed by atoms with Crippen LogP contribution in [-0.4, -0.2) is 4.98 Å². The van der Waals surface area contributed by atoms with Crippen LogP contribution in [0.1, 0.15) is 5.56 Å². The number of benzene rings is 3. The maximum Gasteiger partial charge on any atom is 0.229 e. The normalized spacial score (nSPS) is 11.7. The molecule has 0 fully saturated rings. The second kappa shape index (κ2) is 4.46. The van der Waals surface area contributed by atoms with E-state index in [4.69, 9.17) is 8.83 Å². The molecule has 2 aromatic heterocycles. The second-order valence-electron chi connectivity index (χ2n) is 5.73. The van der Waals surface area contributed by atoms with Crippen molar-refractivity contribution in [1.82, 2.24) is 4.98 Å². The summed E-state index contributed by atoms with van der Waals surface area (Å²) in [4.78, 5) is 4.30. The van der Waals surface area contributed by atoms with Gasteiger partial charge in [-0.1, -0.05) is 42.5 Å². The summed E-state index contributed by atoms with van der Waals surface area (Å²) >= 11 is 0. The monoisotopic (exact) mass is 299 g/mol. The number of nitrogens with zero attached hydrogens (tertiary/aromatic N) is 1. The largest absolute Gasteiger partial charge is 0.455 e. The molecule has 0 atom stereocenters. The molecule has 2 heterocycles. The predicted octanol–water partition coefficient (Wildman–Crippen LogP) is 5.70. The van der Waals surface area contributed by atoms with E-state index in [0.717, 1.165) is 33.1 Å². The number of hydrogen-bond acceptors (Lipinski definition) is 3. The van der Waals surface area contributed by atoms with Crippen LogP contribution < -0.4 is 0 Å². The fourth-order valence-electron chi connectivity index (χ4n) is 3.32. The van der Waals surface area contributed by atoms with Gasteiger partial charge < -0.3 is 8.83 Å². The first kappa shape index (κ1) is 12.5. The Balaban J connectivity index is 2.02. The molecule has 23 heavy (non-hydrogen) atoms. The van der Waals surface area contributed by atoms with Crippen molar-refractivity contribution in [3.63, 3.8) is 0 Å². The van der Waals surface area contributed by atoms with Crippen LogP contribution >= 0.6 is 0 Å². The number of hydrogen-bond donors (Lipinski definition) is 0. The zero-order chi connectivity index (χ0) is 15.4. The van der Waals surface area contributed by atoms with Gasteiger partial charge in [0.1, 0.15) is 17.4 Å². The molecule has 0 aliphatic rings. The quantitative estimate of drug-likeness (QED) is 0.398. The topological polar surface area (TPSA) is 39.2 Å². The van der Waals surface area contributed by atoms with Crippen LogP contribution in [0.15, 0.2) is 69.8 Å². The molecule has 0 saturated carbocycles. The van der Waals surface area contributed by atoms with Gasteiger partial charge in [0.05, 0.1) is 11.8 Å². The van der Waals surface area contributed by atoms with Gasteiger partial charge in [-0.15, -0.1) is 0 Å². The Labute approximate surface area is 132 Å². The van der Waals surface area contributed by atoms with E-state index in [0.29, 0.717) is 5.89 Å². The summed E-state index contributed by atoms with van der Waals surface area (Å²) in [5, 5.41) is 4.65. The zero-order valence-electron chi connectivity index (χ0n) is 12.5. The predicted molar refractivity (Wildman–Crippen MR) is 91.5 cm³/mol. The van der Waals surface area contributed by atoms with Crippen LogP contribution in [0.2, 0.25) is 0 Å². The molecule has 0 radical (unpaired) electrons. The van der Waals surface area contributed by atoms with E-state index in [9.17, 15) is 0 Å². The molecule has 0 aliphatic carbocycles. The number of oxazole rings is 1. The second-order valence-corrected chi connectivity index (χ2v) is 5.73. The van der Waals surface area contributed by atoms with E-state index in [2.05, 4.69) is 47.4 Å². The third-order valence-electron chi connectivity index (χ3n) is 4.38. The molecular formula is C20H13NO2. The minimum atomic E-state index is 0.594. The minimum Gasteiger partial charge on any atom is -0.455 e. The lowest BCUT2D eigenvalue weighted by atomic mass is 10.0. The van der Waals surface area contributed by atoms with Gasteiger partial charge in [-0.2, -0.15) is 0 Å². The van der Waals surface area contributed by atoms with Crippen LogP contribution in [0, 0.1) is 6.92 Å². The molecular weight excluding hydrogens is 286 g/mol. The number of rotatable bonds is 1. The number of aryl methyl sites for hydroxylation is 1. The number of aromatic nitrogens is 1. The maximum absolute atomic E-state index is 6.20. The van der Waals surface area contributed by atoms with Crippen LogP contribution in [0.25, 0.3) is 44.2 Å². The molecule has 3 aromatic carbocycles. The van der Waals surface area contributed by atoms with Crippen molar-refractivity contribution in [2.75, 3.05) is 0 Å². The third kappa shape index (κ3) is 1.67. The Morgan fingerprint density at radius 1 is 0.913 bits per heavy atom. The SMILES string of the molecule is Cc1ccc2c(oc3ccc4ccccc4c32)c1-c1ncco1. The fourth-order valence-corrected chi connectivity index (χ4v) is 3.32. The minimum absolute atomic E-state index is 0.594. The number of furan rings is 1. The molecule has 5 aromatic rings. The molecule has 5 rings (SSSR count). The van der Waals surface area contributed by atoms with Gasteiger partial charge in [0, 0.05) is 10.8 Å². The lowest BCUT2D eigenvalue weighted by molar-refractivity contribution is 0.572. The molecule has 0 N–H and O–H groups in total. The molecule has 0 bridgehead atoms. The lowest BCUT2D eigenvalue weighted by Gasteiger charge is -2.02. The molecule has 110 valence electrons. The highest BCUT2D eigenvalue weighted by Gasteiger charge is 2.18. The van der Waals surface area contributed by atoms with Gasteiger partial charge in [0.25, 0.3) is 0 Å². The smallest absolute Gasteiger partial charge is 0.229 e. The summed E-state index contributed by atoms with van der Waals surface area (Å²) in [5.41, 5.74) is 3.73. The van der Waals surface area contributed by atoms with Gasteiger partial charge in [0.2, 0.25) is 5.89 Å². The first-order valence-corrected chi connectivity index (χ1v) is 7.56. The average molecular weight is 299 g/mol. The van der Waals surface area contributed by atoms with E-state index in [1.165, 1.54) is 10.8 Å². The Morgan fingerprint density at radius 3 is 2.70 bits per heavy atom. The highest BCUT2D eigenvalue weighted by atomic mass is 16.3. The van der Waals surface area contributed by atoms with Gasteiger partial charge in [0.15, 0.2) is 0 Å². The molecule has 0 amide bonds. The van der Waals surface area contributed by atoms with Crippen molar-refractivity contribution in [3.8, 4) is 11.5 Å². The molecule has 3 heteroatoms. The van der Waals surface area contributed by atoms with E-state index < -0.39 is 0 Å². The third-order valence-corrected chi connectivity index (χ3v) is 4.38. The van der Waals surface area contributed by atoms with E-state index in [1.807, 2.05) is 13.0 Å². The van der Waals surface area contributed by atoms with E-state index in [-0.39, 0.29) is 0 Å². The summed E-state index contributed by atoms with van der Waals surface area (Å²) in [6.45, 7) is 2.05. The lowest BCUT2D eigenvalue weighted by Crippen LogP contribution is -1.84. The number of fused-ring (bicyclic) bond motifs is 5. The Hall–Kier alpha value is -3.07. The molecule has 3 nitrogen and oxygen atoms in total. The first-order valence-electron chi connectivity index (χ1n) is 7.56. The van der Waals surface area contributed by atoms with E-state index >= 15 is 0 Å². The first-order chi connectivity index (χ1) is 11.3. The standard InChI is InChI=1S/C20H13NO2/c1-12-6-8-15-18-14-5-3-2-4-13(14)7-9-16(18)23-19(15)17(12)20-21-10-11-22-20/h2-11H,1H3. The maximum atomic E-state index is 6.20. The van der Waals surface area contributed by atoms with Crippen LogP contribution in [0.3, 0.4) is 0 Å². The molecule has 0 saturated heterocycles. The molecule has 0 unspecified atom stereocenters. The zero-order valence-corrected chi connectivity index (χ0v) is 12.5. The van der Waals surface area contributed by atoms with Crippen LogP contribution in [0.5, 0.6) is 0 Å². The Kier molecular flexibility index (Phi) is 2.42. The summed E-state index contributed by atoms with van der Waals surface area (Å²) in [5.74, 6) is 0.594. The van der Waals surface area contributed by atoms with Crippen molar-refractivity contribution in [3.05, 3.63) is 66.6 Å². The summed E-state index contributed by atoms with van der Waals surface area (Å²) in [6.07, 6.45) is 3.25.